The van der Waals surface area contributed by atoms with Crippen molar-refractivity contribution in [3.8, 4) is 5.75 Å². The Bertz CT molecular complexity index is 443. The van der Waals surface area contributed by atoms with Crippen molar-refractivity contribution < 1.29 is 14.6 Å². The number of rotatable bonds is 3. The number of aliphatic carboxylic acids is 1. The van der Waals surface area contributed by atoms with Gasteiger partial charge in [0.25, 0.3) is 0 Å². The maximum Gasteiger partial charge on any atom is 0.311 e. The van der Waals surface area contributed by atoms with Gasteiger partial charge in [-0.25, -0.2) is 0 Å². The molecule has 0 bridgehead atoms. The molecule has 2 rings (SSSR count). The molecule has 0 saturated heterocycles. The molecule has 0 fully saturated rings. The van der Waals surface area contributed by atoms with Crippen LogP contribution in [0.2, 0.25) is 0 Å². The van der Waals surface area contributed by atoms with E-state index < -0.39 is 11.9 Å². The molecule has 1 unspecified atom stereocenters. The lowest BCUT2D eigenvalue weighted by Crippen LogP contribution is -2.12. The van der Waals surface area contributed by atoms with E-state index in [2.05, 4.69) is 0 Å². The van der Waals surface area contributed by atoms with E-state index in [1.807, 2.05) is 32.0 Å². The van der Waals surface area contributed by atoms with Gasteiger partial charge in [0.05, 0.1) is 12.0 Å². The number of fused-ring (bicyclic) bond motifs is 1. The lowest BCUT2D eigenvalue weighted by molar-refractivity contribution is -0.139. The van der Waals surface area contributed by atoms with Gasteiger partial charge in [-0.15, -0.1) is 11.8 Å². The Morgan fingerprint density at radius 1 is 1.50 bits per heavy atom. The van der Waals surface area contributed by atoms with Crippen molar-refractivity contribution >= 4 is 17.7 Å². The molecule has 98 valence electrons. The molecule has 0 saturated carbocycles. The van der Waals surface area contributed by atoms with Crippen LogP contribution >= 0.6 is 11.8 Å². The van der Waals surface area contributed by atoms with E-state index >= 15 is 0 Å². The highest BCUT2D eigenvalue weighted by atomic mass is 32.2. The first-order valence-electron chi connectivity index (χ1n) is 6.24. The number of carbonyl (C=O) groups is 1. The van der Waals surface area contributed by atoms with Crippen LogP contribution in [0.3, 0.4) is 0 Å². The third-order valence-electron chi connectivity index (χ3n) is 2.92. The van der Waals surface area contributed by atoms with E-state index in [0.717, 1.165) is 28.4 Å². The highest BCUT2D eigenvalue weighted by Gasteiger charge is 2.25. The van der Waals surface area contributed by atoms with Gasteiger partial charge in [-0.2, -0.15) is 0 Å². The Morgan fingerprint density at radius 3 is 2.94 bits per heavy atom. The third kappa shape index (κ3) is 2.99. The highest BCUT2D eigenvalue weighted by Crippen LogP contribution is 2.38. The van der Waals surface area contributed by atoms with Crippen molar-refractivity contribution in [2.45, 2.75) is 43.6 Å². The number of benzene rings is 1. The van der Waals surface area contributed by atoms with Crippen molar-refractivity contribution in [2.75, 3.05) is 5.75 Å². The van der Waals surface area contributed by atoms with Crippen LogP contribution < -0.4 is 4.74 Å². The van der Waals surface area contributed by atoms with E-state index in [0.29, 0.717) is 6.42 Å². The standard InChI is InChI=1S/C14H18O3S/c1-9(2)17-10-5-6-13-12(8-10)11(14(15)16)4-3-7-18-13/h5-6,8-9,11H,3-4,7H2,1-2H3,(H,15,16). The second-order valence-corrected chi connectivity index (χ2v) is 5.88. The summed E-state index contributed by atoms with van der Waals surface area (Å²) in [5.74, 6) is 0.616. The molecule has 0 radical (unpaired) electrons. The predicted octanol–water partition coefficient (Wildman–Crippen LogP) is 3.53. The molecule has 3 nitrogen and oxygen atoms in total. The number of thioether (sulfide) groups is 1. The fourth-order valence-electron chi connectivity index (χ4n) is 2.16. The molecule has 0 spiro atoms. The van der Waals surface area contributed by atoms with Crippen molar-refractivity contribution in [1.29, 1.82) is 0 Å². The Morgan fingerprint density at radius 2 is 2.28 bits per heavy atom. The van der Waals surface area contributed by atoms with Gasteiger partial charge in [0.1, 0.15) is 5.75 Å². The Hall–Kier alpha value is -1.16. The molecule has 1 heterocycles. The summed E-state index contributed by atoms with van der Waals surface area (Å²) in [5, 5.41) is 9.33. The van der Waals surface area contributed by atoms with Crippen LogP contribution in [0.15, 0.2) is 23.1 Å². The van der Waals surface area contributed by atoms with Gasteiger partial charge in [0.15, 0.2) is 0 Å². The van der Waals surface area contributed by atoms with Gasteiger partial charge in [-0.05, 0) is 56.2 Å². The van der Waals surface area contributed by atoms with Gasteiger partial charge in [-0.1, -0.05) is 0 Å². The van der Waals surface area contributed by atoms with Crippen molar-refractivity contribution in [1.82, 2.24) is 0 Å². The van der Waals surface area contributed by atoms with Crippen molar-refractivity contribution in [3.05, 3.63) is 23.8 Å². The first kappa shape index (κ1) is 13.3. The monoisotopic (exact) mass is 266 g/mol. The molecule has 1 atom stereocenters. The molecule has 4 heteroatoms. The van der Waals surface area contributed by atoms with Crippen LogP contribution in [-0.4, -0.2) is 22.9 Å². The molecule has 0 aromatic heterocycles. The van der Waals surface area contributed by atoms with E-state index in [1.54, 1.807) is 11.8 Å². The molecule has 1 aliphatic heterocycles. The fourth-order valence-corrected chi connectivity index (χ4v) is 3.22. The first-order valence-corrected chi connectivity index (χ1v) is 7.22. The fraction of sp³-hybridized carbons (Fsp3) is 0.500. The number of ether oxygens (including phenoxy) is 1. The quantitative estimate of drug-likeness (QED) is 0.909. The summed E-state index contributed by atoms with van der Waals surface area (Å²) in [6.45, 7) is 3.93. The molecule has 1 aliphatic rings. The predicted molar refractivity (Wildman–Crippen MR) is 72.5 cm³/mol. The van der Waals surface area contributed by atoms with Gasteiger partial charge >= 0.3 is 5.97 Å². The smallest absolute Gasteiger partial charge is 0.311 e. The average molecular weight is 266 g/mol. The largest absolute Gasteiger partial charge is 0.491 e. The van der Waals surface area contributed by atoms with Crippen LogP contribution in [0.1, 0.15) is 38.2 Å². The molecule has 1 N–H and O–H groups in total. The zero-order chi connectivity index (χ0) is 13.1. The Kier molecular flexibility index (Phi) is 4.17. The number of carboxylic acids is 1. The summed E-state index contributed by atoms with van der Waals surface area (Å²) in [5.41, 5.74) is 0.906. The van der Waals surface area contributed by atoms with Crippen LogP contribution in [0.25, 0.3) is 0 Å². The molecule has 0 aliphatic carbocycles. The summed E-state index contributed by atoms with van der Waals surface area (Å²) >= 11 is 1.74. The molecule has 0 amide bonds. The summed E-state index contributed by atoms with van der Waals surface area (Å²) in [6, 6.07) is 5.81. The number of hydrogen-bond donors (Lipinski definition) is 1. The van der Waals surface area contributed by atoms with Crippen LogP contribution in [0, 0.1) is 0 Å². The van der Waals surface area contributed by atoms with Crippen LogP contribution in [0.5, 0.6) is 5.75 Å². The average Bonchev–Trinajstić information content (AvgIpc) is 2.49. The number of hydrogen-bond acceptors (Lipinski definition) is 3. The maximum atomic E-state index is 11.4. The van der Waals surface area contributed by atoms with E-state index in [-0.39, 0.29) is 6.10 Å². The summed E-state index contributed by atoms with van der Waals surface area (Å²) < 4.78 is 5.65. The van der Waals surface area contributed by atoms with Gasteiger partial charge < -0.3 is 9.84 Å². The maximum absolute atomic E-state index is 11.4. The lowest BCUT2D eigenvalue weighted by atomic mass is 9.94. The SMILES string of the molecule is CC(C)Oc1ccc2c(c1)C(C(=O)O)CCCS2. The van der Waals surface area contributed by atoms with Gasteiger partial charge in [0.2, 0.25) is 0 Å². The summed E-state index contributed by atoms with van der Waals surface area (Å²) in [6.07, 6.45) is 1.75. The van der Waals surface area contributed by atoms with E-state index in [4.69, 9.17) is 4.74 Å². The zero-order valence-corrected chi connectivity index (χ0v) is 11.5. The molecule has 1 aromatic rings. The molecule has 18 heavy (non-hydrogen) atoms. The van der Waals surface area contributed by atoms with Gasteiger partial charge in [-0.3, -0.25) is 4.79 Å². The Labute approximate surface area is 112 Å². The van der Waals surface area contributed by atoms with Crippen LogP contribution in [0.4, 0.5) is 0 Å². The normalized spacial score (nSPS) is 19.2. The third-order valence-corrected chi connectivity index (χ3v) is 4.10. The molecular formula is C14H18O3S. The minimum Gasteiger partial charge on any atom is -0.491 e. The van der Waals surface area contributed by atoms with Crippen molar-refractivity contribution in [2.24, 2.45) is 0 Å². The minimum atomic E-state index is -0.736. The van der Waals surface area contributed by atoms with E-state index in [1.165, 1.54) is 0 Å². The summed E-state index contributed by atoms with van der Waals surface area (Å²) in [7, 11) is 0. The minimum absolute atomic E-state index is 0.102. The highest BCUT2D eigenvalue weighted by molar-refractivity contribution is 7.99. The Balaban J connectivity index is 2.36. The van der Waals surface area contributed by atoms with Crippen molar-refractivity contribution in [3.63, 3.8) is 0 Å². The zero-order valence-electron chi connectivity index (χ0n) is 10.7. The first-order chi connectivity index (χ1) is 8.58. The second-order valence-electron chi connectivity index (χ2n) is 4.75. The van der Waals surface area contributed by atoms with E-state index in [9.17, 15) is 9.90 Å². The second kappa shape index (κ2) is 5.65. The number of carboxylic acid groups (broad SMARTS) is 1. The topological polar surface area (TPSA) is 46.5 Å². The van der Waals surface area contributed by atoms with Gasteiger partial charge in [0, 0.05) is 4.90 Å². The van der Waals surface area contributed by atoms with Crippen LogP contribution in [-0.2, 0) is 4.79 Å². The lowest BCUT2D eigenvalue weighted by Gasteiger charge is -2.16. The molecular weight excluding hydrogens is 248 g/mol. The summed E-state index contributed by atoms with van der Waals surface area (Å²) in [4.78, 5) is 12.4. The molecule has 1 aromatic carbocycles.